The van der Waals surface area contributed by atoms with Crippen LogP contribution in [0, 0.1) is 12.8 Å². The second-order valence-corrected chi connectivity index (χ2v) is 7.52. The Morgan fingerprint density at radius 3 is 2.65 bits per heavy atom. The predicted octanol–water partition coefficient (Wildman–Crippen LogP) is 2.53. The van der Waals surface area contributed by atoms with E-state index in [4.69, 9.17) is 5.11 Å². The van der Waals surface area contributed by atoms with Crippen molar-refractivity contribution in [1.29, 1.82) is 0 Å². The van der Waals surface area contributed by atoms with Gasteiger partial charge in [0.15, 0.2) is 0 Å². The lowest BCUT2D eigenvalue weighted by molar-refractivity contribution is 0.0696. The highest BCUT2D eigenvalue weighted by atomic mass is 79.9. The molecule has 2 atom stereocenters. The molecule has 0 amide bonds. The molecule has 1 fully saturated rings. The van der Waals surface area contributed by atoms with Crippen LogP contribution in [0.4, 0.5) is 0 Å². The molecule has 1 aromatic rings. The average molecular weight is 362 g/mol. The van der Waals surface area contributed by atoms with Gasteiger partial charge in [-0.25, -0.2) is 17.9 Å². The van der Waals surface area contributed by atoms with Crippen LogP contribution in [-0.2, 0) is 10.0 Å². The van der Waals surface area contributed by atoms with E-state index in [0.29, 0.717) is 16.0 Å². The van der Waals surface area contributed by atoms with Crippen LogP contribution in [0.25, 0.3) is 0 Å². The van der Waals surface area contributed by atoms with Crippen LogP contribution < -0.4 is 4.72 Å². The summed E-state index contributed by atoms with van der Waals surface area (Å²) in [6.07, 6.45) is 1.77. The van der Waals surface area contributed by atoms with E-state index in [1.165, 1.54) is 12.1 Å². The van der Waals surface area contributed by atoms with Gasteiger partial charge in [-0.1, -0.05) is 13.3 Å². The summed E-state index contributed by atoms with van der Waals surface area (Å²) in [6.45, 7) is 3.69. The smallest absolute Gasteiger partial charge is 0.335 e. The largest absolute Gasteiger partial charge is 0.478 e. The van der Waals surface area contributed by atoms with E-state index >= 15 is 0 Å². The molecule has 1 aromatic carbocycles. The highest BCUT2D eigenvalue weighted by molar-refractivity contribution is 9.10. The fourth-order valence-electron chi connectivity index (χ4n) is 2.16. The Morgan fingerprint density at radius 2 is 2.15 bits per heavy atom. The molecule has 2 rings (SSSR count). The first kappa shape index (κ1) is 15.5. The van der Waals surface area contributed by atoms with Gasteiger partial charge in [0, 0.05) is 10.5 Å². The Bertz CT molecular complexity index is 657. The first-order valence-corrected chi connectivity index (χ1v) is 8.59. The van der Waals surface area contributed by atoms with Crippen molar-refractivity contribution >= 4 is 31.9 Å². The molecule has 0 heterocycles. The van der Waals surface area contributed by atoms with Crippen LogP contribution in [0.15, 0.2) is 21.5 Å². The molecule has 1 aliphatic carbocycles. The fraction of sp³-hybridized carbons (Fsp3) is 0.462. The molecule has 2 unspecified atom stereocenters. The lowest BCUT2D eigenvalue weighted by Crippen LogP contribution is -2.27. The first-order chi connectivity index (χ1) is 9.26. The summed E-state index contributed by atoms with van der Waals surface area (Å²) in [5.41, 5.74) is 0.544. The number of carboxylic acid groups (broad SMARTS) is 1. The van der Waals surface area contributed by atoms with Crippen molar-refractivity contribution in [3.8, 4) is 0 Å². The van der Waals surface area contributed by atoms with Gasteiger partial charge in [0.25, 0.3) is 0 Å². The van der Waals surface area contributed by atoms with E-state index in [1.807, 2.05) is 6.92 Å². The summed E-state index contributed by atoms with van der Waals surface area (Å²) in [5, 5.41) is 9.03. The monoisotopic (exact) mass is 361 g/mol. The summed E-state index contributed by atoms with van der Waals surface area (Å²) >= 11 is 3.23. The molecular formula is C13H16BrNO4S. The van der Waals surface area contributed by atoms with E-state index in [2.05, 4.69) is 20.7 Å². The predicted molar refractivity (Wildman–Crippen MR) is 78.3 cm³/mol. The first-order valence-electron chi connectivity index (χ1n) is 6.32. The minimum absolute atomic E-state index is 0.0170. The fourth-order valence-corrected chi connectivity index (χ4v) is 4.52. The third kappa shape index (κ3) is 3.05. The van der Waals surface area contributed by atoms with E-state index < -0.39 is 16.0 Å². The van der Waals surface area contributed by atoms with Crippen molar-refractivity contribution in [1.82, 2.24) is 4.72 Å². The van der Waals surface area contributed by atoms with Crippen molar-refractivity contribution in [2.75, 3.05) is 0 Å². The molecule has 1 saturated carbocycles. The maximum absolute atomic E-state index is 12.4. The lowest BCUT2D eigenvalue weighted by atomic mass is 10.1. The molecule has 20 heavy (non-hydrogen) atoms. The van der Waals surface area contributed by atoms with Crippen LogP contribution in [-0.4, -0.2) is 25.5 Å². The van der Waals surface area contributed by atoms with Gasteiger partial charge in [-0.15, -0.1) is 0 Å². The number of carbonyl (C=O) groups is 1. The zero-order valence-corrected chi connectivity index (χ0v) is 13.6. The maximum Gasteiger partial charge on any atom is 0.335 e. The van der Waals surface area contributed by atoms with Crippen LogP contribution in [0.5, 0.6) is 0 Å². The summed E-state index contributed by atoms with van der Waals surface area (Å²) in [6, 6.07) is 2.59. The summed E-state index contributed by atoms with van der Waals surface area (Å²) in [7, 11) is -3.71. The van der Waals surface area contributed by atoms with Crippen LogP contribution in [0.3, 0.4) is 0 Å². The van der Waals surface area contributed by atoms with Gasteiger partial charge in [0.1, 0.15) is 0 Å². The minimum Gasteiger partial charge on any atom is -0.478 e. The molecule has 0 bridgehead atoms. The molecule has 2 N–H and O–H groups in total. The second-order valence-electron chi connectivity index (χ2n) is 5.04. The zero-order valence-electron chi connectivity index (χ0n) is 11.2. The highest BCUT2D eigenvalue weighted by Gasteiger charge is 2.39. The zero-order chi connectivity index (χ0) is 15.1. The second kappa shape index (κ2) is 5.46. The van der Waals surface area contributed by atoms with Gasteiger partial charge < -0.3 is 5.11 Å². The van der Waals surface area contributed by atoms with Crippen molar-refractivity contribution in [3.63, 3.8) is 0 Å². The van der Waals surface area contributed by atoms with Gasteiger partial charge >= 0.3 is 5.97 Å². The lowest BCUT2D eigenvalue weighted by Gasteiger charge is -2.11. The van der Waals surface area contributed by atoms with Crippen LogP contribution in [0.2, 0.25) is 0 Å². The summed E-state index contributed by atoms with van der Waals surface area (Å²) < 4.78 is 27.8. The standard InChI is InChI=1S/C13H16BrNO4S/c1-3-8-5-10(8)15-20(18,19)11-6-9(13(16)17)4-7(2)12(11)14/h4,6,8,10,15H,3,5H2,1-2H3,(H,16,17). The molecule has 0 spiro atoms. The number of hydrogen-bond donors (Lipinski definition) is 2. The highest BCUT2D eigenvalue weighted by Crippen LogP contribution is 2.35. The van der Waals surface area contributed by atoms with E-state index in [-0.39, 0.29) is 16.5 Å². The molecule has 7 heteroatoms. The number of aryl methyl sites for hydroxylation is 1. The number of aromatic carboxylic acids is 1. The SMILES string of the molecule is CCC1CC1NS(=O)(=O)c1cc(C(=O)O)cc(C)c1Br. The Morgan fingerprint density at radius 1 is 1.50 bits per heavy atom. The maximum atomic E-state index is 12.4. The average Bonchev–Trinajstić information content (AvgIpc) is 3.09. The quantitative estimate of drug-likeness (QED) is 0.843. The number of hydrogen-bond acceptors (Lipinski definition) is 3. The van der Waals surface area contributed by atoms with Crippen LogP contribution >= 0.6 is 15.9 Å². The number of carboxylic acids is 1. The number of sulfonamides is 1. The molecule has 0 radical (unpaired) electrons. The number of rotatable bonds is 5. The van der Waals surface area contributed by atoms with Gasteiger partial charge in [-0.3, -0.25) is 0 Å². The van der Waals surface area contributed by atoms with E-state index in [1.54, 1.807) is 6.92 Å². The molecule has 1 aliphatic rings. The molecule has 0 aromatic heterocycles. The van der Waals surface area contributed by atoms with Gasteiger partial charge in [-0.05, 0) is 52.9 Å². The van der Waals surface area contributed by atoms with Crippen molar-refractivity contribution in [3.05, 3.63) is 27.7 Å². The van der Waals surface area contributed by atoms with Gasteiger partial charge in [-0.2, -0.15) is 0 Å². The van der Waals surface area contributed by atoms with E-state index in [0.717, 1.165) is 12.8 Å². The summed E-state index contributed by atoms with van der Waals surface area (Å²) in [5.74, 6) is -0.762. The van der Waals surface area contributed by atoms with E-state index in [9.17, 15) is 13.2 Å². The molecular weight excluding hydrogens is 346 g/mol. The number of nitrogens with one attached hydrogen (secondary N) is 1. The van der Waals surface area contributed by atoms with Gasteiger partial charge in [0.05, 0.1) is 10.5 Å². The number of benzene rings is 1. The van der Waals surface area contributed by atoms with Crippen LogP contribution in [0.1, 0.15) is 35.7 Å². The minimum atomic E-state index is -3.71. The van der Waals surface area contributed by atoms with Crippen molar-refractivity contribution in [2.24, 2.45) is 5.92 Å². The number of halogens is 1. The van der Waals surface area contributed by atoms with Crippen molar-refractivity contribution in [2.45, 2.75) is 37.6 Å². The third-order valence-electron chi connectivity index (χ3n) is 3.51. The Labute approximate surface area is 126 Å². The molecule has 5 nitrogen and oxygen atoms in total. The molecule has 0 saturated heterocycles. The summed E-state index contributed by atoms with van der Waals surface area (Å²) in [4.78, 5) is 11.0. The Balaban J connectivity index is 2.38. The molecule has 0 aliphatic heterocycles. The Hall–Kier alpha value is -0.920. The van der Waals surface area contributed by atoms with Gasteiger partial charge in [0.2, 0.25) is 10.0 Å². The Kier molecular flexibility index (Phi) is 4.22. The third-order valence-corrected chi connectivity index (χ3v) is 6.34. The normalized spacial score (nSPS) is 21.8. The topological polar surface area (TPSA) is 83.5 Å². The van der Waals surface area contributed by atoms with Crippen molar-refractivity contribution < 1.29 is 18.3 Å². The molecule has 110 valence electrons.